The average Bonchev–Trinajstić information content (AvgIpc) is 3.21. The molecule has 1 aliphatic rings. The third-order valence-electron chi connectivity index (χ3n) is 5.57. The van der Waals surface area contributed by atoms with Crippen LogP contribution >= 0.6 is 27.7 Å². The molecule has 3 aromatic carbocycles. The van der Waals surface area contributed by atoms with E-state index < -0.39 is 36.8 Å². The van der Waals surface area contributed by atoms with Crippen LogP contribution in [0.1, 0.15) is 5.56 Å². The molecule has 0 aliphatic carbocycles. The maximum absolute atomic E-state index is 13.0. The third-order valence-corrected chi connectivity index (χ3v) is 8.29. The number of imide groups is 1. The number of methoxy groups -OCH3 is 2. The van der Waals surface area contributed by atoms with Gasteiger partial charge in [-0.2, -0.15) is 8.42 Å². The Morgan fingerprint density at radius 2 is 1.71 bits per heavy atom. The Morgan fingerprint density at radius 3 is 2.39 bits per heavy atom. The number of thioether (sulfide) groups is 1. The van der Waals surface area contributed by atoms with Crippen LogP contribution in [0.2, 0.25) is 0 Å². The predicted octanol–water partition coefficient (Wildman–Crippen LogP) is 5.26. The van der Waals surface area contributed by atoms with Gasteiger partial charge in [0.1, 0.15) is 11.5 Å². The van der Waals surface area contributed by atoms with E-state index in [1.807, 2.05) is 0 Å². The second-order valence-electron chi connectivity index (χ2n) is 8.16. The number of hydrogen-bond acceptors (Lipinski definition) is 11. The summed E-state index contributed by atoms with van der Waals surface area (Å²) < 4.78 is 47.3. The molecule has 1 saturated heterocycles. The lowest BCUT2D eigenvalue weighted by Crippen LogP contribution is -2.32. The maximum atomic E-state index is 13.0. The molecule has 0 bridgehead atoms. The molecule has 41 heavy (non-hydrogen) atoms. The van der Waals surface area contributed by atoms with Crippen LogP contribution in [-0.2, 0) is 14.9 Å². The fraction of sp³-hybridized carbons (Fsp3) is 0.154. The molecular formula is C26H21BrN2O10S2. The van der Waals surface area contributed by atoms with Crippen LogP contribution in [-0.4, -0.2) is 56.8 Å². The van der Waals surface area contributed by atoms with Crippen molar-refractivity contribution in [1.82, 2.24) is 4.90 Å². The topological polar surface area (TPSA) is 152 Å². The number of ether oxygens (including phenoxy) is 3. The molecule has 0 atom stereocenters. The number of benzene rings is 3. The van der Waals surface area contributed by atoms with E-state index in [4.69, 9.17) is 18.4 Å². The Morgan fingerprint density at radius 1 is 1.00 bits per heavy atom. The van der Waals surface area contributed by atoms with Crippen molar-refractivity contribution in [2.75, 3.05) is 27.4 Å². The van der Waals surface area contributed by atoms with E-state index in [1.54, 1.807) is 24.3 Å². The molecule has 1 fully saturated rings. The first-order chi connectivity index (χ1) is 19.5. The molecule has 0 N–H and O–H groups in total. The molecule has 15 heteroatoms. The highest BCUT2D eigenvalue weighted by Crippen LogP contribution is 2.40. The molecule has 4 rings (SSSR count). The van der Waals surface area contributed by atoms with Crippen molar-refractivity contribution in [2.45, 2.75) is 4.90 Å². The zero-order valence-electron chi connectivity index (χ0n) is 21.4. The Kier molecular flexibility index (Phi) is 9.20. The van der Waals surface area contributed by atoms with Crippen LogP contribution in [0, 0.1) is 10.1 Å². The Labute approximate surface area is 247 Å². The van der Waals surface area contributed by atoms with Crippen molar-refractivity contribution < 1.29 is 41.3 Å². The summed E-state index contributed by atoms with van der Waals surface area (Å²) in [4.78, 5) is 36.6. The monoisotopic (exact) mass is 664 g/mol. The number of para-hydroxylation sites is 2. The third kappa shape index (κ3) is 6.81. The minimum absolute atomic E-state index is 0.00928. The van der Waals surface area contributed by atoms with Gasteiger partial charge in [-0.1, -0.05) is 18.2 Å². The van der Waals surface area contributed by atoms with Crippen molar-refractivity contribution in [2.24, 2.45) is 0 Å². The smallest absolute Gasteiger partial charge is 0.339 e. The van der Waals surface area contributed by atoms with Gasteiger partial charge in [0.2, 0.25) is 0 Å². The van der Waals surface area contributed by atoms with Crippen LogP contribution < -0.4 is 18.4 Å². The van der Waals surface area contributed by atoms with Gasteiger partial charge in [-0.3, -0.25) is 24.6 Å². The number of halogens is 1. The number of nitro benzene ring substituents is 1. The average molecular weight is 665 g/mol. The molecule has 0 aromatic heterocycles. The Bertz CT molecular complexity index is 1660. The predicted molar refractivity (Wildman–Crippen MR) is 153 cm³/mol. The first-order valence-corrected chi connectivity index (χ1v) is 14.6. The SMILES string of the molecule is COc1ccccc1OCCN1C(=O)S/C(=C\c2cc(Br)c(OS(=O)(=O)c3cccc([N+](=O)[O-])c3)c(OC)c2)C1=O. The standard InChI is InChI=1S/C26H21BrN2O10S2/c1-36-20-8-3-4-9-21(20)38-11-10-28-25(30)23(40-26(28)31)14-16-12-19(27)24(22(13-16)37-2)39-41(34,35)18-7-5-6-17(15-18)29(32)33/h3-9,12-15H,10-11H2,1-2H3/b23-14-. The summed E-state index contributed by atoms with van der Waals surface area (Å²) in [5.41, 5.74) is -0.0130. The van der Waals surface area contributed by atoms with E-state index in [0.29, 0.717) is 17.1 Å². The molecule has 3 aromatic rings. The summed E-state index contributed by atoms with van der Waals surface area (Å²) in [5.74, 6) is 0.254. The second-order valence-corrected chi connectivity index (χ2v) is 11.6. The van der Waals surface area contributed by atoms with Crippen molar-refractivity contribution in [3.05, 3.63) is 85.7 Å². The molecule has 1 aliphatic heterocycles. The minimum Gasteiger partial charge on any atom is -0.493 e. The Balaban J connectivity index is 1.51. The van der Waals surface area contributed by atoms with Gasteiger partial charge in [-0.05, 0) is 69.7 Å². The number of carbonyl (C=O) groups is 2. The molecule has 2 amide bonds. The maximum Gasteiger partial charge on any atom is 0.339 e. The molecule has 214 valence electrons. The van der Waals surface area contributed by atoms with E-state index in [-0.39, 0.29) is 34.0 Å². The normalized spacial score (nSPS) is 14.3. The quantitative estimate of drug-likeness (QED) is 0.114. The van der Waals surface area contributed by atoms with Crippen LogP contribution in [0.25, 0.3) is 6.08 Å². The zero-order valence-corrected chi connectivity index (χ0v) is 24.7. The van der Waals surface area contributed by atoms with Gasteiger partial charge in [0.15, 0.2) is 23.0 Å². The lowest BCUT2D eigenvalue weighted by molar-refractivity contribution is -0.385. The summed E-state index contributed by atoms with van der Waals surface area (Å²) in [7, 11) is -1.68. The van der Waals surface area contributed by atoms with Gasteiger partial charge in [-0.15, -0.1) is 0 Å². The number of hydrogen-bond donors (Lipinski definition) is 0. The molecule has 0 unspecified atom stereocenters. The van der Waals surface area contributed by atoms with Gasteiger partial charge in [-0.25, -0.2) is 0 Å². The Hall–Kier alpha value is -4.08. The van der Waals surface area contributed by atoms with Crippen molar-refractivity contribution >= 4 is 60.7 Å². The number of non-ortho nitro benzene ring substituents is 1. The first-order valence-electron chi connectivity index (χ1n) is 11.6. The largest absolute Gasteiger partial charge is 0.493 e. The van der Waals surface area contributed by atoms with Gasteiger partial charge >= 0.3 is 10.1 Å². The number of rotatable bonds is 11. The summed E-state index contributed by atoms with van der Waals surface area (Å²) >= 11 is 4.00. The van der Waals surface area contributed by atoms with E-state index >= 15 is 0 Å². The lowest BCUT2D eigenvalue weighted by Gasteiger charge is -2.15. The van der Waals surface area contributed by atoms with Crippen molar-refractivity contribution in [3.8, 4) is 23.0 Å². The van der Waals surface area contributed by atoms with Gasteiger partial charge in [0.05, 0.1) is 35.1 Å². The fourth-order valence-electron chi connectivity index (χ4n) is 3.64. The number of carbonyl (C=O) groups excluding carboxylic acids is 2. The highest BCUT2D eigenvalue weighted by atomic mass is 79.9. The van der Waals surface area contributed by atoms with Crippen molar-refractivity contribution in [3.63, 3.8) is 0 Å². The van der Waals surface area contributed by atoms with Crippen LogP contribution in [0.15, 0.2) is 74.9 Å². The van der Waals surface area contributed by atoms with Gasteiger partial charge in [0.25, 0.3) is 16.8 Å². The van der Waals surface area contributed by atoms with E-state index in [9.17, 15) is 28.1 Å². The molecule has 12 nitrogen and oxygen atoms in total. The molecule has 1 heterocycles. The van der Waals surface area contributed by atoms with Crippen molar-refractivity contribution in [1.29, 1.82) is 0 Å². The van der Waals surface area contributed by atoms with Crippen LogP contribution in [0.3, 0.4) is 0 Å². The van der Waals surface area contributed by atoms with E-state index in [0.717, 1.165) is 34.9 Å². The van der Waals surface area contributed by atoms with E-state index in [2.05, 4.69) is 15.9 Å². The molecule has 0 saturated carbocycles. The highest BCUT2D eigenvalue weighted by molar-refractivity contribution is 9.10. The summed E-state index contributed by atoms with van der Waals surface area (Å²) in [6, 6.07) is 14.3. The second kappa shape index (κ2) is 12.6. The van der Waals surface area contributed by atoms with Gasteiger partial charge < -0.3 is 18.4 Å². The van der Waals surface area contributed by atoms with Gasteiger partial charge in [0, 0.05) is 12.1 Å². The zero-order chi connectivity index (χ0) is 29.7. The fourth-order valence-corrected chi connectivity index (χ4v) is 6.15. The highest BCUT2D eigenvalue weighted by Gasteiger charge is 2.35. The minimum atomic E-state index is -4.48. The lowest BCUT2D eigenvalue weighted by atomic mass is 10.2. The summed E-state index contributed by atoms with van der Waals surface area (Å²) in [6.07, 6.45) is 1.46. The molecular weight excluding hydrogens is 644 g/mol. The summed E-state index contributed by atoms with van der Waals surface area (Å²) in [5, 5.41) is 10.6. The number of nitro groups is 1. The summed E-state index contributed by atoms with van der Waals surface area (Å²) in [6.45, 7) is 0.0610. The molecule has 0 spiro atoms. The molecule has 0 radical (unpaired) electrons. The number of amides is 2. The number of nitrogens with zero attached hydrogens (tertiary/aromatic N) is 2. The first kappa shape index (κ1) is 29.9. The van der Waals surface area contributed by atoms with Crippen LogP contribution in [0.5, 0.6) is 23.0 Å². The van der Waals surface area contributed by atoms with Crippen LogP contribution in [0.4, 0.5) is 10.5 Å². The van der Waals surface area contributed by atoms with E-state index in [1.165, 1.54) is 38.5 Å².